The molecule has 1 aliphatic heterocycles. The van der Waals surface area contributed by atoms with E-state index in [0.717, 1.165) is 17.2 Å². The summed E-state index contributed by atoms with van der Waals surface area (Å²) in [6.45, 7) is 3.06. The van der Waals surface area contributed by atoms with Gasteiger partial charge in [-0.25, -0.2) is 9.97 Å². The molecule has 3 heterocycles. The van der Waals surface area contributed by atoms with Crippen molar-refractivity contribution in [2.75, 3.05) is 31.6 Å². The van der Waals surface area contributed by atoms with Gasteiger partial charge in [-0.15, -0.1) is 0 Å². The molecule has 3 aromatic rings. The Kier molecular flexibility index (Phi) is 5.78. The number of hydrogen-bond donors (Lipinski definition) is 1. The fourth-order valence-corrected chi connectivity index (χ4v) is 3.16. The Labute approximate surface area is 174 Å². The van der Waals surface area contributed by atoms with Crippen molar-refractivity contribution in [2.45, 2.75) is 19.4 Å². The van der Waals surface area contributed by atoms with Crippen LogP contribution in [0.4, 0.5) is 5.82 Å². The number of amides is 1. The maximum atomic E-state index is 12.4. The second-order valence-corrected chi connectivity index (χ2v) is 7.13. The average Bonchev–Trinajstić information content (AvgIpc) is 3.28. The number of rotatable bonds is 7. The zero-order valence-electron chi connectivity index (χ0n) is 17.0. The van der Waals surface area contributed by atoms with Gasteiger partial charge in [-0.2, -0.15) is 4.98 Å². The first-order valence-corrected chi connectivity index (χ1v) is 9.79. The van der Waals surface area contributed by atoms with Crippen molar-refractivity contribution in [1.82, 2.24) is 24.8 Å². The van der Waals surface area contributed by atoms with E-state index in [-0.39, 0.29) is 18.6 Å². The first-order chi connectivity index (χ1) is 14.6. The summed E-state index contributed by atoms with van der Waals surface area (Å²) in [7, 11) is 1.83. The van der Waals surface area contributed by atoms with E-state index in [4.69, 9.17) is 9.47 Å². The molecule has 1 aromatic carbocycles. The van der Waals surface area contributed by atoms with Crippen molar-refractivity contribution in [3.63, 3.8) is 0 Å². The van der Waals surface area contributed by atoms with Crippen LogP contribution in [0, 0.1) is 6.92 Å². The number of hydrogen-bond acceptors (Lipinski definition) is 7. The molecule has 2 aromatic heterocycles. The number of para-hydroxylation sites is 2. The Morgan fingerprint density at radius 2 is 2.13 bits per heavy atom. The lowest BCUT2D eigenvalue weighted by molar-refractivity contribution is -0.119. The molecular weight excluding hydrogens is 384 g/mol. The highest BCUT2D eigenvalue weighted by atomic mass is 16.6. The van der Waals surface area contributed by atoms with E-state index in [2.05, 4.69) is 20.3 Å². The Bertz CT molecular complexity index is 1010. The molecule has 4 rings (SSSR count). The third kappa shape index (κ3) is 4.68. The largest absolute Gasteiger partial charge is 0.486 e. The van der Waals surface area contributed by atoms with E-state index in [1.165, 1.54) is 0 Å². The molecule has 1 atom stereocenters. The minimum absolute atomic E-state index is 0.0832. The molecule has 0 fully saturated rings. The second kappa shape index (κ2) is 8.81. The van der Waals surface area contributed by atoms with E-state index in [1.54, 1.807) is 28.2 Å². The molecule has 0 aliphatic carbocycles. The highest BCUT2D eigenvalue weighted by Gasteiger charge is 2.20. The van der Waals surface area contributed by atoms with Crippen LogP contribution in [0.3, 0.4) is 0 Å². The minimum atomic E-state index is -0.0879. The number of carbonyl (C=O) groups excluding carboxylic acids is 1. The van der Waals surface area contributed by atoms with Gasteiger partial charge in [0.05, 0.1) is 6.54 Å². The molecule has 9 nitrogen and oxygen atoms in total. The summed E-state index contributed by atoms with van der Waals surface area (Å²) < 4.78 is 13.3. The summed E-state index contributed by atoms with van der Waals surface area (Å²) in [6.07, 6.45) is 5.67. The van der Waals surface area contributed by atoms with Crippen LogP contribution < -0.4 is 19.7 Å². The zero-order chi connectivity index (χ0) is 20.9. The van der Waals surface area contributed by atoms with Crippen LogP contribution in [0.2, 0.25) is 0 Å². The Balaban J connectivity index is 1.27. The van der Waals surface area contributed by atoms with Gasteiger partial charge in [-0.3, -0.25) is 9.36 Å². The van der Waals surface area contributed by atoms with Gasteiger partial charge in [0.25, 0.3) is 0 Å². The number of imidazole rings is 1. The number of aromatic nitrogens is 4. The third-order valence-electron chi connectivity index (χ3n) is 4.69. The molecule has 0 saturated heterocycles. The van der Waals surface area contributed by atoms with Crippen LogP contribution in [0.1, 0.15) is 12.1 Å². The molecule has 9 heteroatoms. The fourth-order valence-electron chi connectivity index (χ4n) is 3.16. The zero-order valence-corrected chi connectivity index (χ0v) is 17.0. The maximum Gasteiger partial charge on any atom is 0.239 e. The molecule has 1 N–H and O–H groups in total. The van der Waals surface area contributed by atoms with Gasteiger partial charge >= 0.3 is 0 Å². The maximum absolute atomic E-state index is 12.4. The summed E-state index contributed by atoms with van der Waals surface area (Å²) in [4.78, 5) is 27.1. The summed E-state index contributed by atoms with van der Waals surface area (Å²) in [5, 5.41) is 2.94. The molecule has 156 valence electrons. The number of ether oxygens (including phenoxy) is 2. The van der Waals surface area contributed by atoms with Gasteiger partial charge in [-0.1, -0.05) is 12.1 Å². The number of carbonyl (C=O) groups is 1. The first kappa shape index (κ1) is 19.7. The smallest absolute Gasteiger partial charge is 0.239 e. The topological polar surface area (TPSA) is 94.4 Å². The van der Waals surface area contributed by atoms with E-state index >= 15 is 0 Å². The molecule has 0 spiro atoms. The monoisotopic (exact) mass is 408 g/mol. The van der Waals surface area contributed by atoms with Crippen molar-refractivity contribution in [2.24, 2.45) is 0 Å². The standard InChI is InChI=1S/C21H24N6O3/c1-15-11-19(25-21(24-15)27-10-9-22-14-27)26(2)12-20(28)23-8-7-16-13-29-17-5-3-4-6-18(17)30-16/h3-6,9-11,14,16H,7-8,12-13H2,1-2H3,(H,23,28). The van der Waals surface area contributed by atoms with Gasteiger partial charge in [0, 0.05) is 44.2 Å². The minimum Gasteiger partial charge on any atom is -0.486 e. The van der Waals surface area contributed by atoms with E-state index < -0.39 is 0 Å². The van der Waals surface area contributed by atoms with E-state index in [0.29, 0.717) is 31.3 Å². The van der Waals surface area contributed by atoms with Crippen LogP contribution >= 0.6 is 0 Å². The summed E-state index contributed by atoms with van der Waals surface area (Å²) >= 11 is 0. The number of benzene rings is 1. The Morgan fingerprint density at radius 1 is 1.30 bits per heavy atom. The number of fused-ring (bicyclic) bond motifs is 1. The number of nitrogens with zero attached hydrogens (tertiary/aromatic N) is 5. The Morgan fingerprint density at radius 3 is 2.93 bits per heavy atom. The molecule has 30 heavy (non-hydrogen) atoms. The number of aryl methyl sites for hydroxylation is 1. The quantitative estimate of drug-likeness (QED) is 0.636. The molecule has 0 saturated carbocycles. The molecule has 0 bridgehead atoms. The van der Waals surface area contributed by atoms with Crippen LogP contribution in [0.25, 0.3) is 5.95 Å². The van der Waals surface area contributed by atoms with Crippen molar-refractivity contribution in [3.8, 4) is 17.4 Å². The predicted octanol–water partition coefficient (Wildman–Crippen LogP) is 1.75. The third-order valence-corrected chi connectivity index (χ3v) is 4.69. The lowest BCUT2D eigenvalue weighted by Crippen LogP contribution is -2.38. The first-order valence-electron chi connectivity index (χ1n) is 9.79. The number of likely N-dealkylation sites (N-methyl/N-ethyl adjacent to an activating group) is 1. The second-order valence-electron chi connectivity index (χ2n) is 7.13. The molecular formula is C21H24N6O3. The normalized spacial score (nSPS) is 14.9. The van der Waals surface area contributed by atoms with Crippen LogP contribution in [0.15, 0.2) is 49.1 Å². The highest BCUT2D eigenvalue weighted by Crippen LogP contribution is 2.31. The van der Waals surface area contributed by atoms with Crippen molar-refractivity contribution < 1.29 is 14.3 Å². The van der Waals surface area contributed by atoms with Crippen LogP contribution in [-0.4, -0.2) is 58.3 Å². The van der Waals surface area contributed by atoms with Crippen molar-refractivity contribution in [3.05, 3.63) is 54.7 Å². The van der Waals surface area contributed by atoms with Crippen molar-refractivity contribution >= 4 is 11.7 Å². The molecule has 1 amide bonds. The predicted molar refractivity (Wildman–Crippen MR) is 111 cm³/mol. The van der Waals surface area contributed by atoms with E-state index in [1.807, 2.05) is 44.3 Å². The average molecular weight is 408 g/mol. The van der Waals surface area contributed by atoms with Gasteiger partial charge in [0.2, 0.25) is 11.9 Å². The number of anilines is 1. The van der Waals surface area contributed by atoms with E-state index in [9.17, 15) is 4.79 Å². The van der Waals surface area contributed by atoms with Gasteiger partial charge in [0.15, 0.2) is 11.5 Å². The molecule has 1 aliphatic rings. The SMILES string of the molecule is Cc1cc(N(C)CC(=O)NCCC2COc3ccccc3O2)nc(-n2ccnc2)n1. The number of nitrogens with one attached hydrogen (secondary N) is 1. The lowest BCUT2D eigenvalue weighted by Gasteiger charge is -2.26. The highest BCUT2D eigenvalue weighted by molar-refractivity contribution is 5.80. The Hall–Kier alpha value is -3.62. The van der Waals surface area contributed by atoms with Gasteiger partial charge < -0.3 is 19.7 Å². The lowest BCUT2D eigenvalue weighted by atomic mass is 10.2. The summed E-state index contributed by atoms with van der Waals surface area (Å²) in [6, 6.07) is 9.44. The van der Waals surface area contributed by atoms with Gasteiger partial charge in [0.1, 0.15) is 24.9 Å². The summed E-state index contributed by atoms with van der Waals surface area (Å²) in [5.74, 6) is 2.60. The van der Waals surface area contributed by atoms with Gasteiger partial charge in [-0.05, 0) is 19.1 Å². The van der Waals surface area contributed by atoms with Crippen LogP contribution in [0.5, 0.6) is 11.5 Å². The molecule has 1 unspecified atom stereocenters. The fraction of sp³-hybridized carbons (Fsp3) is 0.333. The van der Waals surface area contributed by atoms with Crippen molar-refractivity contribution in [1.29, 1.82) is 0 Å². The van der Waals surface area contributed by atoms with Crippen LogP contribution in [-0.2, 0) is 4.79 Å². The molecule has 0 radical (unpaired) electrons. The summed E-state index contributed by atoms with van der Waals surface area (Å²) in [5.41, 5.74) is 0.811.